The summed E-state index contributed by atoms with van der Waals surface area (Å²) in [6.45, 7) is 10.3. The van der Waals surface area contributed by atoms with Gasteiger partial charge in [0.05, 0.1) is 0 Å². The van der Waals surface area contributed by atoms with E-state index in [1.807, 2.05) is 11.8 Å². The monoisotopic (exact) mass is 265 g/mol. The molecule has 0 amide bonds. The van der Waals surface area contributed by atoms with Crippen LogP contribution in [0.4, 0.5) is 0 Å². The third kappa shape index (κ3) is 6.46. The Hall–Kier alpha value is -0.470. The van der Waals surface area contributed by atoms with E-state index in [1.54, 1.807) is 0 Å². The fourth-order valence-electron chi connectivity index (χ4n) is 1.79. The van der Waals surface area contributed by atoms with Gasteiger partial charge in [-0.25, -0.2) is 0 Å². The molecule has 18 heavy (non-hydrogen) atoms. The highest BCUT2D eigenvalue weighted by Gasteiger charge is 2.12. The summed E-state index contributed by atoms with van der Waals surface area (Å²) in [5, 5.41) is 3.53. The van der Waals surface area contributed by atoms with Crippen LogP contribution >= 0.6 is 11.8 Å². The van der Waals surface area contributed by atoms with Crippen LogP contribution < -0.4 is 5.32 Å². The molecule has 1 aromatic rings. The summed E-state index contributed by atoms with van der Waals surface area (Å²) in [6.07, 6.45) is 1.29. The summed E-state index contributed by atoms with van der Waals surface area (Å²) in [4.78, 5) is 1.39. The van der Waals surface area contributed by atoms with Gasteiger partial charge in [-0.3, -0.25) is 0 Å². The molecule has 1 N–H and O–H groups in total. The topological polar surface area (TPSA) is 12.0 Å². The van der Waals surface area contributed by atoms with E-state index < -0.39 is 0 Å². The average Bonchev–Trinajstić information content (AvgIpc) is 2.37. The number of rotatable bonds is 8. The zero-order valence-corrected chi connectivity index (χ0v) is 13.0. The van der Waals surface area contributed by atoms with Gasteiger partial charge < -0.3 is 5.32 Å². The summed E-state index contributed by atoms with van der Waals surface area (Å²) < 4.78 is 0. The second-order valence-corrected chi connectivity index (χ2v) is 6.64. The van der Waals surface area contributed by atoms with Crippen molar-refractivity contribution in [2.45, 2.75) is 45.1 Å². The number of benzene rings is 1. The normalized spacial score (nSPS) is 14.7. The first-order chi connectivity index (χ1) is 8.59. The lowest BCUT2D eigenvalue weighted by Gasteiger charge is -2.21. The minimum absolute atomic E-state index is 0.596. The Morgan fingerprint density at radius 1 is 1.00 bits per heavy atom. The van der Waals surface area contributed by atoms with Gasteiger partial charge in [0, 0.05) is 10.9 Å². The van der Waals surface area contributed by atoms with E-state index in [9.17, 15) is 0 Å². The molecule has 0 saturated carbocycles. The molecular formula is C16H27NS. The zero-order valence-electron chi connectivity index (χ0n) is 12.1. The van der Waals surface area contributed by atoms with Crippen LogP contribution in [0.2, 0.25) is 0 Å². The molecule has 1 aromatic carbocycles. The van der Waals surface area contributed by atoms with Crippen molar-refractivity contribution in [1.82, 2.24) is 5.32 Å². The van der Waals surface area contributed by atoms with Crippen LogP contribution in [0, 0.1) is 11.8 Å². The summed E-state index contributed by atoms with van der Waals surface area (Å²) in [6, 6.07) is 11.3. The molecule has 2 atom stereocenters. The number of thioether (sulfide) groups is 1. The molecule has 0 fully saturated rings. The lowest BCUT2D eigenvalue weighted by molar-refractivity contribution is 0.349. The van der Waals surface area contributed by atoms with Crippen molar-refractivity contribution in [3.8, 4) is 0 Å². The Morgan fingerprint density at radius 3 is 2.28 bits per heavy atom. The molecule has 0 aliphatic rings. The fourth-order valence-corrected chi connectivity index (χ4v) is 2.86. The molecule has 0 aliphatic carbocycles. The predicted molar refractivity (Wildman–Crippen MR) is 83.2 cm³/mol. The van der Waals surface area contributed by atoms with Crippen LogP contribution in [0.25, 0.3) is 0 Å². The molecule has 0 spiro atoms. The first-order valence-electron chi connectivity index (χ1n) is 7.00. The Morgan fingerprint density at radius 2 is 1.67 bits per heavy atom. The van der Waals surface area contributed by atoms with E-state index in [0.717, 1.165) is 18.4 Å². The SMILES string of the molecule is CC(C)NCC(C)C(C)CCSc1ccccc1. The summed E-state index contributed by atoms with van der Waals surface area (Å²) in [5.41, 5.74) is 0. The maximum absolute atomic E-state index is 3.53. The quantitative estimate of drug-likeness (QED) is 0.697. The lowest BCUT2D eigenvalue weighted by atomic mass is 9.93. The van der Waals surface area contributed by atoms with Crippen molar-refractivity contribution in [1.29, 1.82) is 0 Å². The van der Waals surface area contributed by atoms with Crippen molar-refractivity contribution in [3.63, 3.8) is 0 Å². The van der Waals surface area contributed by atoms with Crippen LogP contribution in [0.3, 0.4) is 0 Å². The van der Waals surface area contributed by atoms with E-state index >= 15 is 0 Å². The maximum Gasteiger partial charge on any atom is 0.00719 e. The smallest absolute Gasteiger partial charge is 0.00719 e. The molecular weight excluding hydrogens is 238 g/mol. The van der Waals surface area contributed by atoms with Gasteiger partial charge in [-0.2, -0.15) is 0 Å². The molecule has 0 heterocycles. The van der Waals surface area contributed by atoms with Gasteiger partial charge in [0.25, 0.3) is 0 Å². The van der Waals surface area contributed by atoms with E-state index in [0.29, 0.717) is 6.04 Å². The van der Waals surface area contributed by atoms with Crippen molar-refractivity contribution in [2.24, 2.45) is 11.8 Å². The van der Waals surface area contributed by atoms with Crippen LogP contribution in [0.5, 0.6) is 0 Å². The maximum atomic E-state index is 3.53. The van der Waals surface area contributed by atoms with Crippen LogP contribution in [0.15, 0.2) is 35.2 Å². The molecule has 0 radical (unpaired) electrons. The van der Waals surface area contributed by atoms with Crippen LogP contribution in [-0.4, -0.2) is 18.3 Å². The van der Waals surface area contributed by atoms with Crippen LogP contribution in [-0.2, 0) is 0 Å². The highest BCUT2D eigenvalue weighted by atomic mass is 32.2. The Kier molecular flexibility index (Phi) is 7.45. The van der Waals surface area contributed by atoms with Gasteiger partial charge in [-0.1, -0.05) is 45.9 Å². The van der Waals surface area contributed by atoms with E-state index in [-0.39, 0.29) is 0 Å². The molecule has 0 saturated heterocycles. The second-order valence-electron chi connectivity index (χ2n) is 5.47. The number of nitrogens with one attached hydrogen (secondary N) is 1. The van der Waals surface area contributed by atoms with Crippen molar-refractivity contribution >= 4 is 11.8 Å². The third-order valence-electron chi connectivity index (χ3n) is 3.40. The van der Waals surface area contributed by atoms with Gasteiger partial charge in [0.2, 0.25) is 0 Å². The standard InChI is InChI=1S/C16H27NS/c1-13(2)17-12-15(4)14(3)10-11-18-16-8-6-5-7-9-16/h5-9,13-15,17H,10-12H2,1-4H3. The molecule has 2 heteroatoms. The first kappa shape index (κ1) is 15.6. The zero-order chi connectivity index (χ0) is 13.4. The number of hydrogen-bond acceptors (Lipinski definition) is 2. The Balaban J connectivity index is 2.18. The van der Waals surface area contributed by atoms with Crippen molar-refractivity contribution in [2.75, 3.05) is 12.3 Å². The molecule has 1 nitrogen and oxygen atoms in total. The van der Waals surface area contributed by atoms with E-state index in [4.69, 9.17) is 0 Å². The minimum Gasteiger partial charge on any atom is -0.314 e. The molecule has 1 rings (SSSR count). The number of hydrogen-bond donors (Lipinski definition) is 1. The molecule has 0 aliphatic heterocycles. The molecule has 0 bridgehead atoms. The fraction of sp³-hybridized carbons (Fsp3) is 0.625. The minimum atomic E-state index is 0.596. The van der Waals surface area contributed by atoms with Crippen LogP contribution in [0.1, 0.15) is 34.1 Å². The van der Waals surface area contributed by atoms with Crippen molar-refractivity contribution in [3.05, 3.63) is 30.3 Å². The lowest BCUT2D eigenvalue weighted by Crippen LogP contribution is -2.30. The van der Waals surface area contributed by atoms with Crippen molar-refractivity contribution < 1.29 is 0 Å². The Bertz CT molecular complexity index is 310. The van der Waals surface area contributed by atoms with Gasteiger partial charge in [-0.05, 0) is 42.7 Å². The molecule has 0 aromatic heterocycles. The third-order valence-corrected chi connectivity index (χ3v) is 4.45. The Labute approximate surface area is 117 Å². The second kappa shape index (κ2) is 8.60. The van der Waals surface area contributed by atoms with E-state index in [2.05, 4.69) is 63.3 Å². The van der Waals surface area contributed by atoms with Gasteiger partial charge in [0.15, 0.2) is 0 Å². The largest absolute Gasteiger partial charge is 0.314 e. The van der Waals surface area contributed by atoms with Gasteiger partial charge in [0.1, 0.15) is 0 Å². The first-order valence-corrected chi connectivity index (χ1v) is 7.99. The van der Waals surface area contributed by atoms with E-state index in [1.165, 1.54) is 17.1 Å². The highest BCUT2D eigenvalue weighted by molar-refractivity contribution is 7.99. The predicted octanol–water partition coefficient (Wildman–Crippen LogP) is 4.44. The summed E-state index contributed by atoms with van der Waals surface area (Å²) >= 11 is 1.97. The van der Waals surface area contributed by atoms with Gasteiger partial charge >= 0.3 is 0 Å². The average molecular weight is 265 g/mol. The summed E-state index contributed by atoms with van der Waals surface area (Å²) in [5.74, 6) is 2.76. The molecule has 102 valence electrons. The molecule has 2 unspecified atom stereocenters. The highest BCUT2D eigenvalue weighted by Crippen LogP contribution is 2.22. The van der Waals surface area contributed by atoms with Gasteiger partial charge in [-0.15, -0.1) is 11.8 Å². The summed E-state index contributed by atoms with van der Waals surface area (Å²) in [7, 11) is 0.